The van der Waals surface area contributed by atoms with Crippen LogP contribution in [0.3, 0.4) is 0 Å². The zero-order valence-corrected chi connectivity index (χ0v) is 11.1. The highest BCUT2D eigenvalue weighted by atomic mass is 35.5. The lowest BCUT2D eigenvalue weighted by Crippen LogP contribution is -2.30. The summed E-state index contributed by atoms with van der Waals surface area (Å²) in [5.74, 6) is 0. The topological polar surface area (TPSA) is 77.1 Å². The maximum atomic E-state index is 11.8. The Hall–Kier alpha value is -1.98. The van der Waals surface area contributed by atoms with Gasteiger partial charge in [-0.05, 0) is 0 Å². The third-order valence-electron chi connectivity index (χ3n) is 2.39. The fourth-order valence-electron chi connectivity index (χ4n) is 1.62. The monoisotopic (exact) mass is 297 g/mol. The molecule has 98 valence electrons. The van der Waals surface area contributed by atoms with Crippen LogP contribution in [-0.4, -0.2) is 10.7 Å². The average molecular weight is 298 g/mol. The lowest BCUT2D eigenvalue weighted by molar-refractivity contribution is 0.257. The largest absolute Gasteiger partial charge is 0.350 e. The molecule has 0 aliphatic heterocycles. The maximum Gasteiger partial charge on any atom is 0.331 e. The summed E-state index contributed by atoms with van der Waals surface area (Å²) >= 11 is 11.8. The van der Waals surface area contributed by atoms with Crippen molar-refractivity contribution in [1.82, 2.24) is 4.68 Å². The van der Waals surface area contributed by atoms with Crippen molar-refractivity contribution >= 4 is 29.2 Å². The molecular weight excluding hydrogens is 289 g/mol. The van der Waals surface area contributed by atoms with Crippen LogP contribution in [0.1, 0.15) is 0 Å². The number of aromatic nitrogens is 1. The number of carbonyl (C=O) groups is 1. The molecule has 0 bridgehead atoms. The molecule has 0 radical (unpaired) electrons. The number of rotatable bonds is 2. The second kappa shape index (κ2) is 5.34. The number of benzene rings is 1. The van der Waals surface area contributed by atoms with Gasteiger partial charge in [0.1, 0.15) is 10.0 Å². The third kappa shape index (κ3) is 2.72. The van der Waals surface area contributed by atoms with Crippen molar-refractivity contribution in [2.24, 2.45) is 5.73 Å². The Morgan fingerprint density at radius 1 is 1.21 bits per heavy atom. The van der Waals surface area contributed by atoms with Gasteiger partial charge in [-0.15, -0.1) is 0 Å². The number of amides is 2. The number of nitrogens with two attached hydrogens (primary N) is 1. The maximum absolute atomic E-state index is 11.8. The first kappa shape index (κ1) is 13.5. The number of pyridine rings is 1. The minimum absolute atomic E-state index is 0.0903. The van der Waals surface area contributed by atoms with E-state index in [4.69, 9.17) is 28.9 Å². The summed E-state index contributed by atoms with van der Waals surface area (Å²) in [5, 5.41) is -0.203. The van der Waals surface area contributed by atoms with Crippen molar-refractivity contribution < 1.29 is 4.79 Å². The summed E-state index contributed by atoms with van der Waals surface area (Å²) in [6.45, 7) is 0. The van der Waals surface area contributed by atoms with E-state index in [0.717, 1.165) is 0 Å². The van der Waals surface area contributed by atoms with Gasteiger partial charge in [0.05, 0.1) is 5.69 Å². The molecule has 7 heteroatoms. The Bertz CT molecular complexity index is 683. The van der Waals surface area contributed by atoms with Crippen LogP contribution in [0.2, 0.25) is 10.0 Å². The number of carbonyl (C=O) groups excluding carboxylic acids is 1. The van der Waals surface area contributed by atoms with Crippen LogP contribution in [0.5, 0.6) is 0 Å². The molecule has 3 N–H and O–H groups in total. The van der Waals surface area contributed by atoms with Gasteiger partial charge >= 0.3 is 6.03 Å². The lowest BCUT2D eigenvalue weighted by Gasteiger charge is -2.15. The van der Waals surface area contributed by atoms with Gasteiger partial charge in [-0.25, -0.2) is 10.2 Å². The highest BCUT2D eigenvalue weighted by Crippen LogP contribution is 2.26. The molecule has 2 aromatic rings. The van der Waals surface area contributed by atoms with Gasteiger partial charge in [0.25, 0.3) is 0 Å². The van der Waals surface area contributed by atoms with Crippen LogP contribution in [0.15, 0.2) is 41.3 Å². The minimum atomic E-state index is -0.798. The third-order valence-corrected chi connectivity index (χ3v) is 3.01. The fourth-order valence-corrected chi connectivity index (χ4v) is 2.17. The Kier molecular flexibility index (Phi) is 3.78. The molecule has 1 heterocycles. The summed E-state index contributed by atoms with van der Waals surface area (Å²) in [4.78, 5) is 22.8. The molecule has 0 atom stereocenters. The highest BCUT2D eigenvalue weighted by Gasteiger charge is 2.15. The Morgan fingerprint density at radius 3 is 2.42 bits per heavy atom. The molecule has 0 saturated heterocycles. The van der Waals surface area contributed by atoms with Crippen molar-refractivity contribution in [3.8, 4) is 11.3 Å². The molecule has 19 heavy (non-hydrogen) atoms. The minimum Gasteiger partial charge on any atom is -0.350 e. The van der Waals surface area contributed by atoms with E-state index in [-0.39, 0.29) is 10.0 Å². The van der Waals surface area contributed by atoms with Crippen LogP contribution in [0, 0.1) is 0 Å². The van der Waals surface area contributed by atoms with Crippen LogP contribution in [-0.2, 0) is 0 Å². The standard InChI is InChI=1S/C12H9Cl2N3O2/c13-8-6-17(16-12(15)19)10(9(14)11(8)18)7-4-2-1-3-5-7/h1-6H,(H3,15,16,19). The smallest absolute Gasteiger partial charge is 0.331 e. The molecule has 0 fully saturated rings. The van der Waals surface area contributed by atoms with Gasteiger partial charge in [-0.3, -0.25) is 9.47 Å². The summed E-state index contributed by atoms with van der Waals surface area (Å²) in [5.41, 5.74) is 7.86. The van der Waals surface area contributed by atoms with E-state index in [1.54, 1.807) is 24.3 Å². The normalized spacial score (nSPS) is 10.2. The molecule has 1 aromatic heterocycles. The number of primary amides is 1. The Balaban J connectivity index is 2.73. The van der Waals surface area contributed by atoms with Crippen LogP contribution in [0.4, 0.5) is 4.79 Å². The summed E-state index contributed by atoms with van der Waals surface area (Å²) < 4.78 is 1.23. The van der Waals surface area contributed by atoms with Crippen molar-refractivity contribution in [3.63, 3.8) is 0 Å². The quantitative estimate of drug-likeness (QED) is 0.893. The van der Waals surface area contributed by atoms with Gasteiger partial charge in [-0.2, -0.15) is 0 Å². The molecule has 2 rings (SSSR count). The number of hydrogen-bond donors (Lipinski definition) is 2. The summed E-state index contributed by atoms with van der Waals surface area (Å²) in [6.07, 6.45) is 1.25. The number of urea groups is 1. The highest BCUT2D eigenvalue weighted by molar-refractivity contribution is 6.36. The van der Waals surface area contributed by atoms with Crippen LogP contribution in [0.25, 0.3) is 11.3 Å². The second-order valence-corrected chi connectivity index (χ2v) is 4.47. The van der Waals surface area contributed by atoms with Gasteiger partial charge in [0.2, 0.25) is 5.43 Å². The van der Waals surface area contributed by atoms with E-state index in [2.05, 4.69) is 5.43 Å². The van der Waals surface area contributed by atoms with Crippen molar-refractivity contribution in [2.45, 2.75) is 0 Å². The van der Waals surface area contributed by atoms with Gasteiger partial charge in [0, 0.05) is 11.8 Å². The second-order valence-electron chi connectivity index (χ2n) is 3.68. The van der Waals surface area contributed by atoms with E-state index < -0.39 is 11.5 Å². The van der Waals surface area contributed by atoms with E-state index in [9.17, 15) is 9.59 Å². The predicted octanol–water partition coefficient (Wildman–Crippen LogP) is 2.44. The number of hydrogen-bond acceptors (Lipinski definition) is 2. The fraction of sp³-hybridized carbons (Fsp3) is 0. The summed E-state index contributed by atoms with van der Waals surface area (Å²) in [7, 11) is 0. The number of nitrogens with one attached hydrogen (secondary N) is 1. The first-order chi connectivity index (χ1) is 9.00. The van der Waals surface area contributed by atoms with E-state index in [1.165, 1.54) is 10.9 Å². The number of nitrogens with zero attached hydrogens (tertiary/aromatic N) is 1. The van der Waals surface area contributed by atoms with Crippen molar-refractivity contribution in [2.75, 3.05) is 5.43 Å². The Morgan fingerprint density at radius 2 is 1.84 bits per heavy atom. The van der Waals surface area contributed by atoms with E-state index in [1.807, 2.05) is 6.07 Å². The molecule has 1 aromatic carbocycles. The van der Waals surface area contributed by atoms with E-state index >= 15 is 0 Å². The predicted molar refractivity (Wildman–Crippen MR) is 75.1 cm³/mol. The molecule has 0 spiro atoms. The molecular formula is C12H9Cl2N3O2. The molecule has 0 unspecified atom stereocenters. The first-order valence-corrected chi connectivity index (χ1v) is 5.99. The molecule has 2 amide bonds. The Labute approximate surface area is 118 Å². The van der Waals surface area contributed by atoms with E-state index in [0.29, 0.717) is 11.3 Å². The van der Waals surface area contributed by atoms with Crippen molar-refractivity contribution in [1.29, 1.82) is 0 Å². The van der Waals surface area contributed by atoms with Crippen molar-refractivity contribution in [3.05, 3.63) is 56.8 Å². The van der Waals surface area contributed by atoms with Gasteiger partial charge < -0.3 is 5.73 Å². The average Bonchev–Trinajstić information content (AvgIpc) is 2.37. The lowest BCUT2D eigenvalue weighted by atomic mass is 10.1. The summed E-state index contributed by atoms with van der Waals surface area (Å²) in [6, 6.07) is 8.06. The van der Waals surface area contributed by atoms with Crippen LogP contribution >= 0.6 is 23.2 Å². The van der Waals surface area contributed by atoms with Gasteiger partial charge in [0.15, 0.2) is 0 Å². The zero-order valence-electron chi connectivity index (χ0n) is 9.56. The SMILES string of the molecule is NC(=O)Nn1cc(Cl)c(=O)c(Cl)c1-c1ccccc1. The molecule has 0 aliphatic rings. The van der Waals surface area contributed by atoms with Gasteiger partial charge in [-0.1, -0.05) is 53.5 Å². The molecule has 0 aliphatic carbocycles. The first-order valence-electron chi connectivity index (χ1n) is 5.23. The number of halogens is 2. The van der Waals surface area contributed by atoms with Crippen LogP contribution < -0.4 is 16.6 Å². The molecule has 0 saturated carbocycles. The zero-order chi connectivity index (χ0) is 14.0. The molecule has 5 nitrogen and oxygen atoms in total.